The highest BCUT2D eigenvalue weighted by Crippen LogP contribution is 2.31. The van der Waals surface area contributed by atoms with Gasteiger partial charge < -0.3 is 15.7 Å². The lowest BCUT2D eigenvalue weighted by Gasteiger charge is -2.23. The largest absolute Gasteiger partial charge is 0.481 e. The number of likely N-dealkylation sites (tertiary alicyclic amines) is 1. The first-order valence-electron chi connectivity index (χ1n) is 6.72. The molecule has 108 valence electrons. The number of primary amides is 1. The van der Waals surface area contributed by atoms with E-state index in [2.05, 4.69) is 0 Å². The van der Waals surface area contributed by atoms with E-state index < -0.39 is 17.3 Å². The topological polar surface area (TPSA) is 83.6 Å². The number of hydrogen-bond donors (Lipinski definition) is 2. The van der Waals surface area contributed by atoms with E-state index in [9.17, 15) is 14.7 Å². The van der Waals surface area contributed by atoms with E-state index in [1.807, 2.05) is 42.2 Å². The number of carbonyl (C=O) groups is 2. The van der Waals surface area contributed by atoms with Gasteiger partial charge in [-0.05, 0) is 25.5 Å². The zero-order valence-corrected chi connectivity index (χ0v) is 11.6. The van der Waals surface area contributed by atoms with Crippen LogP contribution in [-0.4, -0.2) is 41.5 Å². The first kappa shape index (κ1) is 14.5. The predicted octanol–water partition coefficient (Wildman–Crippen LogP) is 1.05. The standard InChI is InChI=1S/C15H20N2O3/c1-15(14(16)20)7-8-17(10-15)9-12(13(18)19)11-5-3-2-4-6-11/h2-6,12H,7-10H2,1H3,(H2,16,20)(H,18,19). The Labute approximate surface area is 118 Å². The number of hydrogen-bond acceptors (Lipinski definition) is 3. The molecular weight excluding hydrogens is 256 g/mol. The van der Waals surface area contributed by atoms with Gasteiger partial charge >= 0.3 is 5.97 Å². The van der Waals surface area contributed by atoms with Gasteiger partial charge in [0, 0.05) is 13.1 Å². The van der Waals surface area contributed by atoms with Gasteiger partial charge in [-0.2, -0.15) is 0 Å². The minimum atomic E-state index is -0.844. The van der Waals surface area contributed by atoms with Crippen molar-refractivity contribution in [2.75, 3.05) is 19.6 Å². The van der Waals surface area contributed by atoms with Gasteiger partial charge in [0.1, 0.15) is 0 Å². The lowest BCUT2D eigenvalue weighted by Crippen LogP contribution is -2.38. The number of nitrogens with zero attached hydrogens (tertiary/aromatic N) is 1. The van der Waals surface area contributed by atoms with E-state index >= 15 is 0 Å². The molecule has 1 aromatic carbocycles. The lowest BCUT2D eigenvalue weighted by molar-refractivity contribution is -0.139. The number of carbonyl (C=O) groups excluding carboxylic acids is 1. The highest BCUT2D eigenvalue weighted by molar-refractivity contribution is 5.81. The first-order valence-corrected chi connectivity index (χ1v) is 6.72. The van der Waals surface area contributed by atoms with Gasteiger partial charge in [0.05, 0.1) is 11.3 Å². The molecule has 1 saturated heterocycles. The Bertz CT molecular complexity index is 503. The normalized spacial score (nSPS) is 24.4. The van der Waals surface area contributed by atoms with Crippen LogP contribution in [0.5, 0.6) is 0 Å². The second-order valence-electron chi connectivity index (χ2n) is 5.71. The van der Waals surface area contributed by atoms with Gasteiger partial charge in [-0.25, -0.2) is 0 Å². The van der Waals surface area contributed by atoms with Gasteiger partial charge in [-0.1, -0.05) is 30.3 Å². The Morgan fingerprint density at radius 2 is 2.05 bits per heavy atom. The fraction of sp³-hybridized carbons (Fsp3) is 0.467. The number of benzene rings is 1. The SMILES string of the molecule is CC1(C(N)=O)CCN(CC(C(=O)O)c2ccccc2)C1. The third-order valence-electron chi connectivity index (χ3n) is 4.09. The van der Waals surface area contributed by atoms with Crippen LogP contribution in [0.25, 0.3) is 0 Å². The van der Waals surface area contributed by atoms with Crippen molar-refractivity contribution in [1.82, 2.24) is 4.90 Å². The van der Waals surface area contributed by atoms with Crippen molar-refractivity contribution in [2.24, 2.45) is 11.1 Å². The van der Waals surface area contributed by atoms with E-state index in [1.54, 1.807) is 0 Å². The van der Waals surface area contributed by atoms with Crippen LogP contribution < -0.4 is 5.73 Å². The first-order chi connectivity index (χ1) is 9.42. The van der Waals surface area contributed by atoms with E-state index in [0.29, 0.717) is 26.1 Å². The molecule has 2 unspecified atom stereocenters. The van der Waals surface area contributed by atoms with Crippen molar-refractivity contribution in [1.29, 1.82) is 0 Å². The van der Waals surface area contributed by atoms with E-state index in [4.69, 9.17) is 5.73 Å². The fourth-order valence-electron chi connectivity index (χ4n) is 2.68. The monoisotopic (exact) mass is 276 g/mol. The van der Waals surface area contributed by atoms with Crippen molar-refractivity contribution >= 4 is 11.9 Å². The maximum Gasteiger partial charge on any atom is 0.312 e. The van der Waals surface area contributed by atoms with Gasteiger partial charge in [0.25, 0.3) is 0 Å². The average Bonchev–Trinajstić information content (AvgIpc) is 2.80. The van der Waals surface area contributed by atoms with Crippen molar-refractivity contribution in [3.05, 3.63) is 35.9 Å². The minimum Gasteiger partial charge on any atom is -0.481 e. The van der Waals surface area contributed by atoms with Crippen molar-refractivity contribution < 1.29 is 14.7 Å². The van der Waals surface area contributed by atoms with Gasteiger partial charge in [-0.3, -0.25) is 9.59 Å². The summed E-state index contributed by atoms with van der Waals surface area (Å²) in [4.78, 5) is 24.9. The molecule has 0 spiro atoms. The van der Waals surface area contributed by atoms with Crippen molar-refractivity contribution in [3.63, 3.8) is 0 Å². The molecule has 5 heteroatoms. The number of carboxylic acids is 1. The van der Waals surface area contributed by atoms with Crippen LogP contribution in [0.3, 0.4) is 0 Å². The second-order valence-corrected chi connectivity index (χ2v) is 5.71. The molecule has 1 heterocycles. The summed E-state index contributed by atoms with van der Waals surface area (Å²) in [5.41, 5.74) is 5.66. The summed E-state index contributed by atoms with van der Waals surface area (Å²) in [5.74, 6) is -1.73. The maximum atomic E-state index is 11.5. The lowest BCUT2D eigenvalue weighted by atomic mass is 9.89. The molecule has 0 aromatic heterocycles. The van der Waals surface area contributed by atoms with Crippen LogP contribution >= 0.6 is 0 Å². The van der Waals surface area contributed by atoms with Crippen LogP contribution in [0.2, 0.25) is 0 Å². The van der Waals surface area contributed by atoms with Crippen LogP contribution in [-0.2, 0) is 9.59 Å². The summed E-state index contributed by atoms with van der Waals surface area (Å²) in [7, 11) is 0. The molecule has 20 heavy (non-hydrogen) atoms. The van der Waals surface area contributed by atoms with Crippen LogP contribution in [0.4, 0.5) is 0 Å². The maximum absolute atomic E-state index is 11.5. The number of aliphatic carboxylic acids is 1. The number of nitrogens with two attached hydrogens (primary N) is 1. The summed E-state index contributed by atoms with van der Waals surface area (Å²) < 4.78 is 0. The second kappa shape index (κ2) is 5.63. The highest BCUT2D eigenvalue weighted by Gasteiger charge is 2.40. The van der Waals surface area contributed by atoms with E-state index in [1.165, 1.54) is 0 Å². The molecule has 3 N–H and O–H groups in total. The number of amides is 1. The highest BCUT2D eigenvalue weighted by atomic mass is 16.4. The molecule has 1 aromatic rings. The molecule has 0 radical (unpaired) electrons. The summed E-state index contributed by atoms with van der Waals surface area (Å²) in [6.45, 7) is 3.48. The molecule has 5 nitrogen and oxygen atoms in total. The van der Waals surface area contributed by atoms with Crippen molar-refractivity contribution in [2.45, 2.75) is 19.3 Å². The van der Waals surface area contributed by atoms with Crippen LogP contribution in [0.15, 0.2) is 30.3 Å². The Morgan fingerprint density at radius 1 is 1.40 bits per heavy atom. The smallest absolute Gasteiger partial charge is 0.312 e. The molecule has 2 atom stereocenters. The predicted molar refractivity (Wildman–Crippen MR) is 75.2 cm³/mol. The zero-order valence-electron chi connectivity index (χ0n) is 11.6. The number of carboxylic acid groups (broad SMARTS) is 1. The summed E-state index contributed by atoms with van der Waals surface area (Å²) >= 11 is 0. The van der Waals surface area contributed by atoms with Gasteiger partial charge in [0.15, 0.2) is 0 Å². The molecule has 1 amide bonds. The molecule has 2 rings (SSSR count). The molecule has 1 fully saturated rings. The zero-order chi connectivity index (χ0) is 14.8. The van der Waals surface area contributed by atoms with E-state index in [0.717, 1.165) is 5.56 Å². The average molecular weight is 276 g/mol. The fourth-order valence-corrected chi connectivity index (χ4v) is 2.68. The van der Waals surface area contributed by atoms with E-state index in [-0.39, 0.29) is 5.91 Å². The quantitative estimate of drug-likeness (QED) is 0.842. The number of rotatable bonds is 5. The molecule has 0 bridgehead atoms. The Kier molecular flexibility index (Phi) is 4.09. The summed E-state index contributed by atoms with van der Waals surface area (Å²) in [5, 5.41) is 9.41. The van der Waals surface area contributed by atoms with Crippen LogP contribution in [0.1, 0.15) is 24.8 Å². The van der Waals surface area contributed by atoms with Crippen molar-refractivity contribution in [3.8, 4) is 0 Å². The minimum absolute atomic E-state index is 0.313. The summed E-state index contributed by atoms with van der Waals surface area (Å²) in [6, 6.07) is 9.18. The van der Waals surface area contributed by atoms with Crippen LogP contribution in [0, 0.1) is 5.41 Å². The molecule has 1 aliphatic rings. The third kappa shape index (κ3) is 2.99. The van der Waals surface area contributed by atoms with Gasteiger partial charge in [0.2, 0.25) is 5.91 Å². The molecule has 0 aliphatic carbocycles. The molecule has 1 aliphatic heterocycles. The third-order valence-corrected chi connectivity index (χ3v) is 4.09. The van der Waals surface area contributed by atoms with Gasteiger partial charge in [-0.15, -0.1) is 0 Å². The Morgan fingerprint density at radius 3 is 2.55 bits per heavy atom. The Balaban J connectivity index is 2.08. The summed E-state index contributed by atoms with van der Waals surface area (Å²) in [6.07, 6.45) is 0.684. The Hall–Kier alpha value is -1.88. The molecular formula is C15H20N2O3. The molecule has 0 saturated carbocycles.